The summed E-state index contributed by atoms with van der Waals surface area (Å²) < 4.78 is 0. The van der Waals surface area contributed by atoms with Crippen molar-refractivity contribution < 1.29 is 0 Å². The minimum Gasteiger partial charge on any atom is -0.348 e. The first-order valence-electron chi connectivity index (χ1n) is 6.77. The molecule has 2 rings (SSSR count). The zero-order valence-corrected chi connectivity index (χ0v) is 12.5. The first kappa shape index (κ1) is 13.8. The highest BCUT2D eigenvalue weighted by Gasteiger charge is 2.22. The number of rotatable bonds is 5. The molecule has 0 spiro atoms. The molecule has 0 unspecified atom stereocenters. The molecule has 0 aromatic carbocycles. The summed E-state index contributed by atoms with van der Waals surface area (Å²) in [4.78, 5) is 9.48. The smallest absolute Gasteiger partial charge is 0.185 e. The maximum atomic E-state index is 4.71. The Labute approximate surface area is 114 Å². The SMILES string of the molecule is CCNCc1csc(N2CCC(N(C)C)CC2)n1. The van der Waals surface area contributed by atoms with Crippen molar-refractivity contribution in [2.75, 3.05) is 38.6 Å². The van der Waals surface area contributed by atoms with Gasteiger partial charge in [0.25, 0.3) is 0 Å². The van der Waals surface area contributed by atoms with Crippen LogP contribution in [0.15, 0.2) is 5.38 Å². The lowest BCUT2D eigenvalue weighted by Crippen LogP contribution is -2.41. The van der Waals surface area contributed by atoms with Gasteiger partial charge in [-0.1, -0.05) is 6.92 Å². The van der Waals surface area contributed by atoms with Gasteiger partial charge in [0, 0.05) is 31.1 Å². The van der Waals surface area contributed by atoms with E-state index in [1.165, 1.54) is 23.7 Å². The van der Waals surface area contributed by atoms with Crippen LogP contribution in [0.5, 0.6) is 0 Å². The van der Waals surface area contributed by atoms with Crippen molar-refractivity contribution in [1.29, 1.82) is 0 Å². The molecule has 1 aliphatic heterocycles. The van der Waals surface area contributed by atoms with Crippen molar-refractivity contribution in [2.45, 2.75) is 32.4 Å². The van der Waals surface area contributed by atoms with Gasteiger partial charge in [-0.3, -0.25) is 0 Å². The molecule has 4 nitrogen and oxygen atoms in total. The Morgan fingerprint density at radius 3 is 2.78 bits per heavy atom. The van der Waals surface area contributed by atoms with E-state index in [-0.39, 0.29) is 0 Å². The molecular weight excluding hydrogens is 244 g/mol. The van der Waals surface area contributed by atoms with Crippen LogP contribution in [0.3, 0.4) is 0 Å². The Balaban J connectivity index is 1.87. The van der Waals surface area contributed by atoms with Crippen molar-refractivity contribution >= 4 is 16.5 Å². The zero-order chi connectivity index (χ0) is 13.0. The molecule has 1 aliphatic rings. The molecule has 2 heterocycles. The van der Waals surface area contributed by atoms with E-state index in [9.17, 15) is 0 Å². The van der Waals surface area contributed by atoms with Crippen molar-refractivity contribution in [3.63, 3.8) is 0 Å². The highest BCUT2D eigenvalue weighted by Crippen LogP contribution is 2.25. The number of nitrogens with one attached hydrogen (secondary N) is 1. The summed E-state index contributed by atoms with van der Waals surface area (Å²) in [7, 11) is 4.36. The monoisotopic (exact) mass is 268 g/mol. The van der Waals surface area contributed by atoms with Crippen LogP contribution in [0.25, 0.3) is 0 Å². The van der Waals surface area contributed by atoms with Gasteiger partial charge in [-0.25, -0.2) is 4.98 Å². The minimum absolute atomic E-state index is 0.738. The molecule has 102 valence electrons. The molecule has 0 atom stereocenters. The molecule has 0 bridgehead atoms. The fourth-order valence-electron chi connectivity index (χ4n) is 2.35. The fourth-order valence-corrected chi connectivity index (χ4v) is 3.23. The van der Waals surface area contributed by atoms with E-state index in [0.29, 0.717) is 0 Å². The van der Waals surface area contributed by atoms with E-state index >= 15 is 0 Å². The lowest BCUT2D eigenvalue weighted by molar-refractivity contribution is 0.249. The Morgan fingerprint density at radius 2 is 2.17 bits per heavy atom. The van der Waals surface area contributed by atoms with Crippen molar-refractivity contribution in [3.05, 3.63) is 11.1 Å². The Bertz CT molecular complexity index is 356. The predicted octanol–water partition coefficient (Wildman–Crippen LogP) is 1.78. The average Bonchev–Trinajstić information content (AvgIpc) is 2.85. The van der Waals surface area contributed by atoms with Crippen molar-refractivity contribution in [2.24, 2.45) is 0 Å². The molecule has 1 fully saturated rings. The normalized spacial score (nSPS) is 17.7. The molecule has 0 radical (unpaired) electrons. The summed E-state index contributed by atoms with van der Waals surface area (Å²) in [5.41, 5.74) is 1.17. The Morgan fingerprint density at radius 1 is 1.44 bits per heavy atom. The van der Waals surface area contributed by atoms with E-state index in [1.54, 1.807) is 11.3 Å². The van der Waals surface area contributed by atoms with Crippen LogP contribution in [0.2, 0.25) is 0 Å². The van der Waals surface area contributed by atoms with Gasteiger partial charge in [0.05, 0.1) is 5.69 Å². The predicted molar refractivity (Wildman–Crippen MR) is 78.4 cm³/mol. The lowest BCUT2D eigenvalue weighted by atomic mass is 10.0. The van der Waals surface area contributed by atoms with Gasteiger partial charge in [0.15, 0.2) is 5.13 Å². The van der Waals surface area contributed by atoms with E-state index in [0.717, 1.165) is 32.2 Å². The topological polar surface area (TPSA) is 31.4 Å². The fraction of sp³-hybridized carbons (Fsp3) is 0.769. The maximum Gasteiger partial charge on any atom is 0.185 e. The zero-order valence-electron chi connectivity index (χ0n) is 11.6. The molecule has 1 aromatic rings. The lowest BCUT2D eigenvalue weighted by Gasteiger charge is -2.35. The third-order valence-corrected chi connectivity index (χ3v) is 4.51. The quantitative estimate of drug-likeness (QED) is 0.882. The highest BCUT2D eigenvalue weighted by atomic mass is 32.1. The Hall–Kier alpha value is -0.650. The number of hydrogen-bond donors (Lipinski definition) is 1. The molecule has 1 aromatic heterocycles. The summed E-state index contributed by atoms with van der Waals surface area (Å²) in [6.45, 7) is 6.29. The average molecular weight is 268 g/mol. The van der Waals surface area contributed by atoms with Crippen LogP contribution in [-0.4, -0.2) is 49.7 Å². The largest absolute Gasteiger partial charge is 0.348 e. The van der Waals surface area contributed by atoms with Gasteiger partial charge in [-0.2, -0.15) is 0 Å². The number of anilines is 1. The van der Waals surface area contributed by atoms with Crippen LogP contribution in [0.4, 0.5) is 5.13 Å². The van der Waals surface area contributed by atoms with Crippen molar-refractivity contribution in [1.82, 2.24) is 15.2 Å². The number of aromatic nitrogens is 1. The Kier molecular flexibility index (Phi) is 4.97. The van der Waals surface area contributed by atoms with E-state index in [2.05, 4.69) is 41.5 Å². The minimum atomic E-state index is 0.738. The summed E-state index contributed by atoms with van der Waals surface area (Å²) in [5, 5.41) is 6.69. The highest BCUT2D eigenvalue weighted by molar-refractivity contribution is 7.13. The number of hydrogen-bond acceptors (Lipinski definition) is 5. The second-order valence-corrected chi connectivity index (χ2v) is 5.92. The van der Waals surface area contributed by atoms with E-state index in [4.69, 9.17) is 4.98 Å². The van der Waals surface area contributed by atoms with Crippen molar-refractivity contribution in [3.8, 4) is 0 Å². The second-order valence-electron chi connectivity index (χ2n) is 5.08. The van der Waals surface area contributed by atoms with E-state index in [1.807, 2.05) is 0 Å². The maximum absolute atomic E-state index is 4.71. The van der Waals surface area contributed by atoms with Gasteiger partial charge < -0.3 is 15.1 Å². The van der Waals surface area contributed by atoms with Gasteiger partial charge >= 0.3 is 0 Å². The van der Waals surface area contributed by atoms with Crippen LogP contribution < -0.4 is 10.2 Å². The van der Waals surface area contributed by atoms with Crippen LogP contribution in [-0.2, 0) is 6.54 Å². The summed E-state index contributed by atoms with van der Waals surface area (Å²) >= 11 is 1.78. The number of nitrogens with zero attached hydrogens (tertiary/aromatic N) is 3. The second kappa shape index (κ2) is 6.50. The first-order chi connectivity index (χ1) is 8.70. The third kappa shape index (κ3) is 3.43. The summed E-state index contributed by atoms with van der Waals surface area (Å²) in [6, 6.07) is 0.738. The first-order valence-corrected chi connectivity index (χ1v) is 7.65. The standard InChI is InChI=1S/C13H24N4S/c1-4-14-9-11-10-18-13(15-11)17-7-5-12(6-8-17)16(2)3/h10,12,14H,4-9H2,1-3H3. The van der Waals surface area contributed by atoms with Gasteiger partial charge in [0.2, 0.25) is 0 Å². The van der Waals surface area contributed by atoms with E-state index < -0.39 is 0 Å². The number of piperidine rings is 1. The summed E-state index contributed by atoms with van der Waals surface area (Å²) in [5.74, 6) is 0. The molecule has 1 saturated heterocycles. The molecule has 5 heteroatoms. The van der Waals surface area contributed by atoms with Gasteiger partial charge in [-0.05, 0) is 33.5 Å². The van der Waals surface area contributed by atoms with Crippen LogP contribution in [0, 0.1) is 0 Å². The third-order valence-electron chi connectivity index (χ3n) is 3.56. The molecule has 0 amide bonds. The summed E-state index contributed by atoms with van der Waals surface area (Å²) in [6.07, 6.45) is 2.49. The van der Waals surface area contributed by atoms with Gasteiger partial charge in [0.1, 0.15) is 0 Å². The molecule has 18 heavy (non-hydrogen) atoms. The van der Waals surface area contributed by atoms with Crippen LogP contribution in [0.1, 0.15) is 25.5 Å². The molecular formula is C13H24N4S. The molecule has 0 aliphatic carbocycles. The molecule has 0 saturated carbocycles. The van der Waals surface area contributed by atoms with Gasteiger partial charge in [-0.15, -0.1) is 11.3 Å². The number of thiazole rings is 1. The molecule has 1 N–H and O–H groups in total. The van der Waals surface area contributed by atoms with Crippen LogP contribution >= 0.6 is 11.3 Å².